The molecule has 1 atom stereocenters. The summed E-state index contributed by atoms with van der Waals surface area (Å²) in [6.45, 7) is 2.75. The van der Waals surface area contributed by atoms with Gasteiger partial charge in [0.25, 0.3) is 0 Å². The highest BCUT2D eigenvalue weighted by atomic mass is 16.4. The zero-order chi connectivity index (χ0) is 12.4. The average Bonchev–Trinajstić information content (AvgIpc) is 2.68. The van der Waals surface area contributed by atoms with Crippen LogP contribution in [0.15, 0.2) is 24.3 Å². The summed E-state index contributed by atoms with van der Waals surface area (Å²) in [5, 5.41) is 14.2. The lowest BCUT2D eigenvalue weighted by molar-refractivity contribution is -0.138. The van der Waals surface area contributed by atoms with Gasteiger partial charge < -0.3 is 10.8 Å². The average molecular weight is 233 g/mol. The van der Waals surface area contributed by atoms with Crippen LogP contribution >= 0.6 is 0 Å². The van der Waals surface area contributed by atoms with Crippen LogP contribution < -0.4 is 5.73 Å². The van der Waals surface area contributed by atoms with Gasteiger partial charge in [-0.15, -0.1) is 0 Å². The van der Waals surface area contributed by atoms with Crippen molar-refractivity contribution in [1.82, 2.24) is 9.78 Å². The summed E-state index contributed by atoms with van der Waals surface area (Å²) >= 11 is 0. The van der Waals surface area contributed by atoms with Crippen molar-refractivity contribution in [2.75, 3.05) is 0 Å². The highest BCUT2D eigenvalue weighted by Gasteiger charge is 2.17. The summed E-state index contributed by atoms with van der Waals surface area (Å²) in [5.74, 6) is -1.000. The van der Waals surface area contributed by atoms with Gasteiger partial charge in [-0.2, -0.15) is 5.10 Å². The molecule has 1 aromatic carbocycles. The zero-order valence-corrected chi connectivity index (χ0v) is 9.63. The molecule has 5 heteroatoms. The van der Waals surface area contributed by atoms with Gasteiger partial charge in [0, 0.05) is 18.4 Å². The molecule has 2 rings (SSSR count). The maximum atomic E-state index is 10.8. The van der Waals surface area contributed by atoms with E-state index in [1.165, 1.54) is 0 Å². The van der Waals surface area contributed by atoms with Crippen LogP contribution in [0.1, 0.15) is 12.6 Å². The van der Waals surface area contributed by atoms with Crippen molar-refractivity contribution in [2.24, 2.45) is 5.73 Å². The number of aryl methyl sites for hydroxylation is 1. The third kappa shape index (κ3) is 2.14. The van der Waals surface area contributed by atoms with E-state index < -0.39 is 12.0 Å². The Labute approximate surface area is 98.8 Å². The van der Waals surface area contributed by atoms with Gasteiger partial charge in [-0.3, -0.25) is 9.48 Å². The van der Waals surface area contributed by atoms with Crippen LogP contribution in [0.4, 0.5) is 0 Å². The van der Waals surface area contributed by atoms with Gasteiger partial charge in [-0.25, -0.2) is 0 Å². The van der Waals surface area contributed by atoms with E-state index in [-0.39, 0.29) is 6.42 Å². The molecule has 0 amide bonds. The summed E-state index contributed by atoms with van der Waals surface area (Å²) in [5.41, 5.74) is 7.31. The van der Waals surface area contributed by atoms with Crippen molar-refractivity contribution in [2.45, 2.75) is 25.9 Å². The predicted molar refractivity (Wildman–Crippen MR) is 64.7 cm³/mol. The van der Waals surface area contributed by atoms with Gasteiger partial charge >= 0.3 is 5.97 Å². The van der Waals surface area contributed by atoms with Gasteiger partial charge in [0.2, 0.25) is 0 Å². The maximum absolute atomic E-state index is 10.8. The van der Waals surface area contributed by atoms with E-state index in [1.54, 1.807) is 0 Å². The molecule has 0 aliphatic rings. The second-order valence-corrected chi connectivity index (χ2v) is 3.93. The number of carbonyl (C=O) groups is 1. The molecule has 1 aromatic heterocycles. The number of hydrogen-bond acceptors (Lipinski definition) is 3. The van der Waals surface area contributed by atoms with Crippen molar-refractivity contribution in [3.05, 3.63) is 30.0 Å². The number of nitrogens with zero attached hydrogens (tertiary/aromatic N) is 2. The van der Waals surface area contributed by atoms with Crippen LogP contribution in [0, 0.1) is 0 Å². The first-order valence-corrected chi connectivity index (χ1v) is 5.56. The first-order valence-electron chi connectivity index (χ1n) is 5.56. The fourth-order valence-electron chi connectivity index (χ4n) is 1.88. The van der Waals surface area contributed by atoms with Crippen molar-refractivity contribution in [3.8, 4) is 0 Å². The number of hydrogen-bond donors (Lipinski definition) is 2. The third-order valence-electron chi connectivity index (χ3n) is 2.76. The lowest BCUT2D eigenvalue weighted by atomic mass is 10.1. The number of nitrogens with two attached hydrogens (primary N) is 1. The molecule has 0 fully saturated rings. The molecule has 0 saturated heterocycles. The summed E-state index contributed by atoms with van der Waals surface area (Å²) in [6.07, 6.45) is 0.253. The monoisotopic (exact) mass is 233 g/mol. The number of para-hydroxylation sites is 1. The minimum absolute atomic E-state index is 0.253. The maximum Gasteiger partial charge on any atom is 0.320 e. The normalized spacial score (nSPS) is 12.8. The number of carboxylic acids is 1. The van der Waals surface area contributed by atoms with Crippen LogP contribution in [0.2, 0.25) is 0 Å². The number of aromatic nitrogens is 2. The summed E-state index contributed by atoms with van der Waals surface area (Å²) < 4.78 is 1.86. The van der Waals surface area contributed by atoms with Crippen molar-refractivity contribution >= 4 is 16.9 Å². The summed E-state index contributed by atoms with van der Waals surface area (Å²) in [7, 11) is 0. The molecule has 0 radical (unpaired) electrons. The Morgan fingerprint density at radius 2 is 2.24 bits per heavy atom. The Morgan fingerprint density at radius 3 is 2.88 bits per heavy atom. The highest BCUT2D eigenvalue weighted by Crippen LogP contribution is 2.19. The van der Waals surface area contributed by atoms with E-state index in [2.05, 4.69) is 5.10 Å². The standard InChI is InChI=1S/C12H15N3O2/c1-2-15-11-6-4-3-5-8(11)10(14-15)7-9(13)12(16)17/h3-6,9H,2,7,13H2,1H3,(H,16,17)/t9-/m0/s1. The Kier molecular flexibility index (Phi) is 3.10. The van der Waals surface area contributed by atoms with Crippen molar-refractivity contribution < 1.29 is 9.90 Å². The van der Waals surface area contributed by atoms with Gasteiger partial charge in [-0.05, 0) is 13.0 Å². The molecular formula is C12H15N3O2. The molecule has 0 saturated carbocycles. The third-order valence-corrected chi connectivity index (χ3v) is 2.76. The molecule has 1 heterocycles. The smallest absolute Gasteiger partial charge is 0.320 e. The predicted octanol–water partition coefficient (Wildman–Crippen LogP) is 1.01. The highest BCUT2D eigenvalue weighted by molar-refractivity contribution is 5.83. The molecule has 17 heavy (non-hydrogen) atoms. The Morgan fingerprint density at radius 1 is 1.53 bits per heavy atom. The lowest BCUT2D eigenvalue weighted by Crippen LogP contribution is -2.32. The van der Waals surface area contributed by atoms with Crippen LogP contribution in [0.25, 0.3) is 10.9 Å². The number of rotatable bonds is 4. The Hall–Kier alpha value is -1.88. The van der Waals surface area contributed by atoms with Crippen LogP contribution in [-0.4, -0.2) is 26.9 Å². The summed E-state index contributed by atoms with van der Waals surface area (Å²) in [4.78, 5) is 10.8. The Balaban J connectivity index is 2.44. The number of carboxylic acid groups (broad SMARTS) is 1. The van der Waals surface area contributed by atoms with E-state index in [9.17, 15) is 4.79 Å². The topological polar surface area (TPSA) is 81.1 Å². The van der Waals surface area contributed by atoms with E-state index in [4.69, 9.17) is 10.8 Å². The van der Waals surface area contributed by atoms with Crippen LogP contribution in [0.3, 0.4) is 0 Å². The van der Waals surface area contributed by atoms with Crippen LogP contribution in [-0.2, 0) is 17.8 Å². The molecule has 0 aliphatic heterocycles. The number of aliphatic carboxylic acids is 1. The first kappa shape index (κ1) is 11.6. The second-order valence-electron chi connectivity index (χ2n) is 3.93. The molecule has 0 spiro atoms. The van der Waals surface area contributed by atoms with Gasteiger partial charge in [-0.1, -0.05) is 18.2 Å². The summed E-state index contributed by atoms with van der Waals surface area (Å²) in [6, 6.07) is 6.87. The molecule has 90 valence electrons. The van der Waals surface area contributed by atoms with Gasteiger partial charge in [0.1, 0.15) is 6.04 Å². The first-order chi connectivity index (χ1) is 8.13. The molecule has 0 unspecified atom stereocenters. The zero-order valence-electron chi connectivity index (χ0n) is 9.63. The Bertz CT molecular complexity index is 548. The quantitative estimate of drug-likeness (QED) is 0.825. The number of fused-ring (bicyclic) bond motifs is 1. The largest absolute Gasteiger partial charge is 0.480 e. The van der Waals surface area contributed by atoms with E-state index in [0.29, 0.717) is 0 Å². The van der Waals surface area contributed by atoms with E-state index in [0.717, 1.165) is 23.1 Å². The molecule has 5 nitrogen and oxygen atoms in total. The van der Waals surface area contributed by atoms with E-state index in [1.807, 2.05) is 35.9 Å². The minimum Gasteiger partial charge on any atom is -0.480 e. The molecule has 0 bridgehead atoms. The molecule has 0 aliphatic carbocycles. The SMILES string of the molecule is CCn1nc(C[C@H](N)C(=O)O)c2ccccc21. The van der Waals surface area contributed by atoms with Crippen molar-refractivity contribution in [1.29, 1.82) is 0 Å². The van der Waals surface area contributed by atoms with Crippen LogP contribution in [0.5, 0.6) is 0 Å². The van der Waals surface area contributed by atoms with Gasteiger partial charge in [0.05, 0.1) is 11.2 Å². The second kappa shape index (κ2) is 4.55. The van der Waals surface area contributed by atoms with E-state index >= 15 is 0 Å². The van der Waals surface area contributed by atoms with Crippen molar-refractivity contribution in [3.63, 3.8) is 0 Å². The lowest BCUT2D eigenvalue weighted by Gasteiger charge is -2.03. The minimum atomic E-state index is -1.000. The molecule has 2 aromatic rings. The molecular weight excluding hydrogens is 218 g/mol. The fourth-order valence-corrected chi connectivity index (χ4v) is 1.88. The molecule has 3 N–H and O–H groups in total. The van der Waals surface area contributed by atoms with Gasteiger partial charge in [0.15, 0.2) is 0 Å². The fraction of sp³-hybridized carbons (Fsp3) is 0.333. The number of benzene rings is 1.